The van der Waals surface area contributed by atoms with Gasteiger partial charge in [-0.25, -0.2) is 0 Å². The summed E-state index contributed by atoms with van der Waals surface area (Å²) in [7, 11) is 1.91. The van der Waals surface area contributed by atoms with E-state index in [1.54, 1.807) is 0 Å². The van der Waals surface area contributed by atoms with Gasteiger partial charge in [-0.15, -0.1) is 0 Å². The lowest BCUT2D eigenvalue weighted by Crippen LogP contribution is -2.34. The molecule has 0 saturated heterocycles. The second-order valence-electron chi connectivity index (χ2n) is 4.65. The third kappa shape index (κ3) is 4.16. The molecule has 18 heavy (non-hydrogen) atoms. The van der Waals surface area contributed by atoms with Crippen LogP contribution in [0, 0.1) is 0 Å². The largest absolute Gasteiger partial charge is 0.345 e. The lowest BCUT2D eigenvalue weighted by Gasteiger charge is -2.22. The molecule has 0 fully saturated rings. The van der Waals surface area contributed by atoms with Gasteiger partial charge in [0.1, 0.15) is 5.69 Å². The number of rotatable bonds is 7. The Hall–Kier alpha value is -0.770. The number of amides is 1. The van der Waals surface area contributed by atoms with Crippen LogP contribution in [-0.2, 0) is 7.05 Å². The Morgan fingerprint density at radius 1 is 1.28 bits per heavy atom. The molecule has 0 unspecified atom stereocenters. The quantitative estimate of drug-likeness (QED) is 0.751. The average Bonchev–Trinajstić information content (AvgIpc) is 2.68. The van der Waals surface area contributed by atoms with Crippen molar-refractivity contribution in [2.45, 2.75) is 39.5 Å². The maximum Gasteiger partial charge on any atom is 0.270 e. The van der Waals surface area contributed by atoms with Crippen molar-refractivity contribution in [2.24, 2.45) is 7.05 Å². The van der Waals surface area contributed by atoms with E-state index in [9.17, 15) is 4.79 Å². The summed E-state index contributed by atoms with van der Waals surface area (Å²) in [6.07, 6.45) is 6.30. The van der Waals surface area contributed by atoms with Crippen LogP contribution in [0.2, 0.25) is 0 Å². The van der Waals surface area contributed by atoms with Gasteiger partial charge in [-0.3, -0.25) is 4.79 Å². The lowest BCUT2D eigenvalue weighted by atomic mass is 10.2. The van der Waals surface area contributed by atoms with Crippen molar-refractivity contribution in [3.8, 4) is 0 Å². The Labute approximate surface area is 118 Å². The zero-order valence-corrected chi connectivity index (χ0v) is 13.2. The molecule has 1 aromatic heterocycles. The van der Waals surface area contributed by atoms with Crippen LogP contribution < -0.4 is 0 Å². The molecular formula is C14H23BrN2O. The van der Waals surface area contributed by atoms with Gasteiger partial charge in [-0.1, -0.05) is 26.7 Å². The molecule has 0 saturated carbocycles. The molecule has 1 amide bonds. The number of unbranched alkanes of at least 4 members (excludes halogenated alkanes) is 2. The predicted molar refractivity (Wildman–Crippen MR) is 78.8 cm³/mol. The van der Waals surface area contributed by atoms with Crippen molar-refractivity contribution in [3.05, 3.63) is 22.4 Å². The van der Waals surface area contributed by atoms with Gasteiger partial charge in [0.15, 0.2) is 0 Å². The molecule has 102 valence electrons. The first-order chi connectivity index (χ1) is 8.60. The first-order valence-electron chi connectivity index (χ1n) is 6.71. The van der Waals surface area contributed by atoms with Crippen molar-refractivity contribution in [2.75, 3.05) is 13.1 Å². The number of halogens is 1. The molecule has 0 aliphatic heterocycles. The maximum absolute atomic E-state index is 12.5. The van der Waals surface area contributed by atoms with Crippen LogP contribution >= 0.6 is 15.9 Å². The van der Waals surface area contributed by atoms with Crippen LogP contribution in [0.4, 0.5) is 0 Å². The summed E-state index contributed by atoms with van der Waals surface area (Å²) < 4.78 is 2.84. The van der Waals surface area contributed by atoms with Gasteiger partial charge in [0, 0.05) is 30.8 Å². The van der Waals surface area contributed by atoms with Crippen molar-refractivity contribution < 1.29 is 4.79 Å². The van der Waals surface area contributed by atoms with Gasteiger partial charge >= 0.3 is 0 Å². The molecule has 0 spiro atoms. The Morgan fingerprint density at radius 2 is 1.83 bits per heavy atom. The van der Waals surface area contributed by atoms with Gasteiger partial charge in [-0.2, -0.15) is 0 Å². The van der Waals surface area contributed by atoms with E-state index in [0.717, 1.165) is 48.9 Å². The van der Waals surface area contributed by atoms with Gasteiger partial charge < -0.3 is 9.47 Å². The summed E-state index contributed by atoms with van der Waals surface area (Å²) in [5, 5.41) is 0. The maximum atomic E-state index is 12.5. The summed E-state index contributed by atoms with van der Waals surface area (Å²) in [6.45, 7) is 6.03. The molecule has 0 atom stereocenters. The molecule has 0 bridgehead atoms. The molecule has 0 aliphatic carbocycles. The SMILES string of the molecule is CCCCN(CCCC)C(=O)c1cc(Br)cn1C. The molecule has 3 nitrogen and oxygen atoms in total. The highest BCUT2D eigenvalue weighted by atomic mass is 79.9. The third-order valence-corrected chi connectivity index (χ3v) is 3.47. The second-order valence-corrected chi connectivity index (χ2v) is 5.57. The number of nitrogens with zero attached hydrogens (tertiary/aromatic N) is 2. The molecule has 0 aromatic carbocycles. The van der Waals surface area contributed by atoms with Crippen LogP contribution in [0.1, 0.15) is 50.0 Å². The minimum atomic E-state index is 0.144. The van der Waals surface area contributed by atoms with Gasteiger partial charge in [0.05, 0.1) is 0 Å². The zero-order valence-electron chi connectivity index (χ0n) is 11.6. The van der Waals surface area contributed by atoms with E-state index in [-0.39, 0.29) is 5.91 Å². The summed E-state index contributed by atoms with van der Waals surface area (Å²) in [6, 6.07) is 1.90. The highest BCUT2D eigenvalue weighted by Crippen LogP contribution is 2.16. The van der Waals surface area contributed by atoms with Gasteiger partial charge in [-0.05, 0) is 34.8 Å². The van der Waals surface area contributed by atoms with E-state index in [0.29, 0.717) is 0 Å². The van der Waals surface area contributed by atoms with E-state index >= 15 is 0 Å². The summed E-state index contributed by atoms with van der Waals surface area (Å²) >= 11 is 3.41. The van der Waals surface area contributed by atoms with E-state index < -0.39 is 0 Å². The van der Waals surface area contributed by atoms with Gasteiger partial charge in [0.25, 0.3) is 5.91 Å². The highest BCUT2D eigenvalue weighted by molar-refractivity contribution is 9.10. The van der Waals surface area contributed by atoms with Crippen LogP contribution in [0.15, 0.2) is 16.7 Å². The van der Waals surface area contributed by atoms with Gasteiger partial charge in [0.2, 0.25) is 0 Å². The lowest BCUT2D eigenvalue weighted by molar-refractivity contribution is 0.0741. The fraction of sp³-hybridized carbons (Fsp3) is 0.643. The van der Waals surface area contributed by atoms with Crippen molar-refractivity contribution in [1.82, 2.24) is 9.47 Å². The third-order valence-electron chi connectivity index (χ3n) is 3.04. The number of aryl methyl sites for hydroxylation is 1. The van der Waals surface area contributed by atoms with Crippen LogP contribution in [0.5, 0.6) is 0 Å². The number of carbonyl (C=O) groups is 1. The monoisotopic (exact) mass is 314 g/mol. The summed E-state index contributed by atoms with van der Waals surface area (Å²) in [4.78, 5) is 14.5. The molecule has 0 radical (unpaired) electrons. The van der Waals surface area contributed by atoms with E-state index in [2.05, 4.69) is 29.8 Å². The van der Waals surface area contributed by atoms with Crippen LogP contribution in [0.3, 0.4) is 0 Å². The second kappa shape index (κ2) is 7.62. The molecule has 0 aliphatic rings. The van der Waals surface area contributed by atoms with E-state index in [1.165, 1.54) is 0 Å². The molecule has 1 rings (SSSR count). The minimum Gasteiger partial charge on any atom is -0.345 e. The predicted octanol–water partition coefficient (Wildman–Crippen LogP) is 3.83. The summed E-state index contributed by atoms with van der Waals surface area (Å²) in [5.41, 5.74) is 0.758. The fourth-order valence-electron chi connectivity index (χ4n) is 1.91. The normalized spacial score (nSPS) is 10.7. The van der Waals surface area contributed by atoms with E-state index in [1.807, 2.05) is 28.8 Å². The van der Waals surface area contributed by atoms with Crippen LogP contribution in [-0.4, -0.2) is 28.5 Å². The molecule has 1 aromatic rings. The van der Waals surface area contributed by atoms with E-state index in [4.69, 9.17) is 0 Å². The number of aromatic nitrogens is 1. The average molecular weight is 315 g/mol. The fourth-order valence-corrected chi connectivity index (χ4v) is 2.44. The molecule has 4 heteroatoms. The molecule has 1 heterocycles. The Kier molecular flexibility index (Phi) is 6.47. The first-order valence-corrected chi connectivity index (χ1v) is 7.50. The number of carbonyl (C=O) groups excluding carboxylic acids is 1. The zero-order chi connectivity index (χ0) is 13.5. The standard InChI is InChI=1S/C14H23BrN2O/c1-4-6-8-17(9-7-5-2)14(18)13-10-12(15)11-16(13)3/h10-11H,4-9H2,1-3H3. The van der Waals surface area contributed by atoms with Crippen molar-refractivity contribution in [3.63, 3.8) is 0 Å². The Bertz CT molecular complexity index is 379. The first kappa shape index (κ1) is 15.3. The Morgan fingerprint density at radius 3 is 2.22 bits per heavy atom. The smallest absolute Gasteiger partial charge is 0.270 e. The van der Waals surface area contributed by atoms with Crippen molar-refractivity contribution >= 4 is 21.8 Å². The van der Waals surface area contributed by atoms with Crippen LogP contribution in [0.25, 0.3) is 0 Å². The molecular weight excluding hydrogens is 292 g/mol. The molecule has 0 N–H and O–H groups in total. The summed E-state index contributed by atoms with van der Waals surface area (Å²) in [5.74, 6) is 0.144. The highest BCUT2D eigenvalue weighted by Gasteiger charge is 2.18. The Balaban J connectivity index is 2.77. The minimum absolute atomic E-state index is 0.144. The number of hydrogen-bond donors (Lipinski definition) is 0. The number of hydrogen-bond acceptors (Lipinski definition) is 1. The topological polar surface area (TPSA) is 25.2 Å². The van der Waals surface area contributed by atoms with Crippen molar-refractivity contribution in [1.29, 1.82) is 0 Å².